The molecule has 1 aromatic heterocycles. The van der Waals surface area contributed by atoms with Crippen molar-refractivity contribution < 1.29 is 4.52 Å². The largest absolute Gasteiger partial charge is 0.357 e. The number of halogens is 2. The first-order chi connectivity index (χ1) is 11.2. The Morgan fingerprint density at radius 1 is 1.33 bits per heavy atom. The van der Waals surface area contributed by atoms with Gasteiger partial charge < -0.3 is 15.2 Å². The zero-order valence-electron chi connectivity index (χ0n) is 13.9. The molecule has 0 saturated heterocycles. The first-order valence-electron chi connectivity index (χ1n) is 7.73. The topological polar surface area (TPSA) is 75.3 Å². The van der Waals surface area contributed by atoms with Crippen molar-refractivity contribution in [3.8, 4) is 0 Å². The molecule has 0 unspecified atom stereocenters. The zero-order chi connectivity index (χ0) is 16.5. The van der Waals surface area contributed by atoms with Gasteiger partial charge in [0.2, 0.25) is 5.89 Å². The molecule has 24 heavy (non-hydrogen) atoms. The number of aryl methyl sites for hydroxylation is 2. The highest BCUT2D eigenvalue weighted by molar-refractivity contribution is 14.0. The predicted octanol–water partition coefficient (Wildman–Crippen LogP) is 3.34. The van der Waals surface area contributed by atoms with Gasteiger partial charge in [0.1, 0.15) is 0 Å². The fourth-order valence-electron chi connectivity index (χ4n) is 2.04. The van der Waals surface area contributed by atoms with Gasteiger partial charge in [-0.15, -0.1) is 24.0 Å². The van der Waals surface area contributed by atoms with E-state index in [0.29, 0.717) is 18.3 Å². The van der Waals surface area contributed by atoms with Crippen LogP contribution in [0, 0.1) is 6.92 Å². The Balaban J connectivity index is 0.00000288. The molecule has 0 fully saturated rings. The van der Waals surface area contributed by atoms with Crippen molar-refractivity contribution in [1.82, 2.24) is 20.8 Å². The summed E-state index contributed by atoms with van der Waals surface area (Å²) >= 11 is 5.98. The van der Waals surface area contributed by atoms with Gasteiger partial charge in [0.05, 0.1) is 6.54 Å². The first kappa shape index (κ1) is 20.7. The van der Waals surface area contributed by atoms with Crippen LogP contribution in [0.1, 0.15) is 30.6 Å². The molecule has 0 radical (unpaired) electrons. The lowest BCUT2D eigenvalue weighted by Crippen LogP contribution is -2.37. The van der Waals surface area contributed by atoms with Gasteiger partial charge in [-0.05, 0) is 38.0 Å². The fraction of sp³-hybridized carbons (Fsp3) is 0.438. The SMILES string of the molecule is CCNC(=NCc1cccc(Cl)c1)NCCCc1nc(C)no1.I. The Bertz CT molecular complexity index is 647. The molecule has 6 nitrogen and oxygen atoms in total. The lowest BCUT2D eigenvalue weighted by molar-refractivity contribution is 0.372. The van der Waals surface area contributed by atoms with Gasteiger partial charge in [-0.1, -0.05) is 28.9 Å². The molecule has 0 bridgehead atoms. The van der Waals surface area contributed by atoms with Crippen LogP contribution < -0.4 is 10.6 Å². The van der Waals surface area contributed by atoms with Crippen LogP contribution in [-0.2, 0) is 13.0 Å². The third-order valence-corrected chi connectivity index (χ3v) is 3.32. The highest BCUT2D eigenvalue weighted by Crippen LogP contribution is 2.11. The van der Waals surface area contributed by atoms with Crippen LogP contribution in [-0.4, -0.2) is 29.2 Å². The van der Waals surface area contributed by atoms with Gasteiger partial charge in [-0.3, -0.25) is 0 Å². The number of benzene rings is 1. The van der Waals surface area contributed by atoms with Gasteiger partial charge >= 0.3 is 0 Å². The van der Waals surface area contributed by atoms with E-state index in [1.54, 1.807) is 0 Å². The second-order valence-electron chi connectivity index (χ2n) is 5.09. The fourth-order valence-corrected chi connectivity index (χ4v) is 2.25. The van der Waals surface area contributed by atoms with E-state index in [4.69, 9.17) is 16.1 Å². The summed E-state index contributed by atoms with van der Waals surface area (Å²) in [5.74, 6) is 2.13. The van der Waals surface area contributed by atoms with Crippen molar-refractivity contribution in [2.24, 2.45) is 4.99 Å². The zero-order valence-corrected chi connectivity index (χ0v) is 17.0. The molecule has 2 N–H and O–H groups in total. The highest BCUT2D eigenvalue weighted by atomic mass is 127. The summed E-state index contributed by atoms with van der Waals surface area (Å²) in [6, 6.07) is 7.72. The number of guanidine groups is 1. The number of hydrogen-bond donors (Lipinski definition) is 2. The Labute approximate surface area is 164 Å². The normalized spacial score (nSPS) is 11.0. The summed E-state index contributed by atoms with van der Waals surface area (Å²) < 4.78 is 5.09. The number of hydrogen-bond acceptors (Lipinski definition) is 4. The molecule has 0 aliphatic rings. The third-order valence-electron chi connectivity index (χ3n) is 3.08. The van der Waals surface area contributed by atoms with E-state index in [1.165, 1.54) is 0 Å². The summed E-state index contributed by atoms with van der Waals surface area (Å²) in [7, 11) is 0. The summed E-state index contributed by atoms with van der Waals surface area (Å²) in [5.41, 5.74) is 1.08. The Morgan fingerprint density at radius 3 is 2.83 bits per heavy atom. The number of nitrogens with zero attached hydrogens (tertiary/aromatic N) is 3. The lowest BCUT2D eigenvalue weighted by atomic mass is 10.2. The smallest absolute Gasteiger partial charge is 0.226 e. The Hall–Kier alpha value is -1.35. The second-order valence-corrected chi connectivity index (χ2v) is 5.53. The van der Waals surface area contributed by atoms with Gasteiger partial charge in [-0.2, -0.15) is 4.98 Å². The summed E-state index contributed by atoms with van der Waals surface area (Å²) in [6.07, 6.45) is 1.64. The maximum Gasteiger partial charge on any atom is 0.226 e. The van der Waals surface area contributed by atoms with Crippen molar-refractivity contribution in [1.29, 1.82) is 0 Å². The van der Waals surface area contributed by atoms with E-state index in [2.05, 4.69) is 25.8 Å². The van der Waals surface area contributed by atoms with Crippen LogP contribution in [0.2, 0.25) is 5.02 Å². The van der Waals surface area contributed by atoms with Crippen molar-refractivity contribution in [3.63, 3.8) is 0 Å². The minimum Gasteiger partial charge on any atom is -0.357 e. The average molecular weight is 464 g/mol. The standard InChI is InChI=1S/C16H22ClN5O.HI/c1-3-18-16(20-11-13-6-4-7-14(17)10-13)19-9-5-8-15-21-12(2)22-23-15;/h4,6-7,10H,3,5,8-9,11H2,1-2H3,(H2,18,19,20);1H. The van der Waals surface area contributed by atoms with Crippen LogP contribution in [0.5, 0.6) is 0 Å². The van der Waals surface area contributed by atoms with Gasteiger partial charge in [0, 0.05) is 24.5 Å². The molecular weight excluding hydrogens is 441 g/mol. The molecule has 8 heteroatoms. The highest BCUT2D eigenvalue weighted by Gasteiger charge is 2.03. The molecule has 0 saturated carbocycles. The monoisotopic (exact) mass is 463 g/mol. The third kappa shape index (κ3) is 7.48. The van der Waals surface area contributed by atoms with E-state index in [-0.39, 0.29) is 24.0 Å². The summed E-state index contributed by atoms with van der Waals surface area (Å²) in [4.78, 5) is 8.74. The number of rotatable bonds is 7. The van der Waals surface area contributed by atoms with Gasteiger partial charge in [0.15, 0.2) is 11.8 Å². The van der Waals surface area contributed by atoms with Crippen LogP contribution in [0.4, 0.5) is 0 Å². The van der Waals surface area contributed by atoms with Crippen molar-refractivity contribution in [2.45, 2.75) is 33.2 Å². The van der Waals surface area contributed by atoms with Gasteiger partial charge in [-0.25, -0.2) is 4.99 Å². The minimum atomic E-state index is 0. The van der Waals surface area contributed by atoms with E-state index in [0.717, 1.165) is 42.5 Å². The molecule has 132 valence electrons. The van der Waals surface area contributed by atoms with E-state index in [1.807, 2.05) is 38.1 Å². The number of aromatic nitrogens is 2. The number of aliphatic imine (C=N–C) groups is 1. The van der Waals surface area contributed by atoms with E-state index in [9.17, 15) is 0 Å². The van der Waals surface area contributed by atoms with E-state index < -0.39 is 0 Å². The number of nitrogens with one attached hydrogen (secondary N) is 2. The molecule has 0 aliphatic heterocycles. The van der Waals surface area contributed by atoms with Crippen LogP contribution in [0.25, 0.3) is 0 Å². The maximum atomic E-state index is 5.98. The Kier molecular flexibility index (Phi) is 9.70. The second kappa shape index (κ2) is 11.2. The molecule has 0 amide bonds. The molecule has 1 aromatic carbocycles. The first-order valence-corrected chi connectivity index (χ1v) is 8.11. The van der Waals surface area contributed by atoms with Crippen LogP contribution in [0.15, 0.2) is 33.8 Å². The Morgan fingerprint density at radius 2 is 2.17 bits per heavy atom. The average Bonchev–Trinajstić information content (AvgIpc) is 2.94. The molecule has 0 atom stereocenters. The molecule has 2 rings (SSSR count). The lowest BCUT2D eigenvalue weighted by Gasteiger charge is -2.10. The van der Waals surface area contributed by atoms with Gasteiger partial charge in [0.25, 0.3) is 0 Å². The predicted molar refractivity (Wildman–Crippen MR) is 107 cm³/mol. The minimum absolute atomic E-state index is 0. The quantitative estimate of drug-likeness (QED) is 0.285. The molecule has 2 aromatic rings. The molecule has 1 heterocycles. The molecular formula is C16H23ClIN5O. The van der Waals surface area contributed by atoms with Crippen LogP contribution in [0.3, 0.4) is 0 Å². The van der Waals surface area contributed by atoms with Crippen molar-refractivity contribution in [2.75, 3.05) is 13.1 Å². The molecule has 0 aliphatic carbocycles. The molecule has 0 spiro atoms. The van der Waals surface area contributed by atoms with Crippen molar-refractivity contribution >= 4 is 41.5 Å². The van der Waals surface area contributed by atoms with Crippen LogP contribution >= 0.6 is 35.6 Å². The maximum absolute atomic E-state index is 5.98. The summed E-state index contributed by atoms with van der Waals surface area (Å²) in [5, 5.41) is 11.0. The van der Waals surface area contributed by atoms with Crippen molar-refractivity contribution in [3.05, 3.63) is 46.6 Å². The van der Waals surface area contributed by atoms with E-state index >= 15 is 0 Å². The summed E-state index contributed by atoms with van der Waals surface area (Å²) in [6.45, 7) is 6.03.